The molecule has 0 saturated carbocycles. The molecule has 1 unspecified atom stereocenters. The van der Waals surface area contributed by atoms with Gasteiger partial charge >= 0.3 is 0 Å². The van der Waals surface area contributed by atoms with Crippen molar-refractivity contribution in [3.63, 3.8) is 0 Å². The van der Waals surface area contributed by atoms with Gasteiger partial charge in [0.1, 0.15) is 5.01 Å². The minimum atomic E-state index is -0.187. The summed E-state index contributed by atoms with van der Waals surface area (Å²) in [4.78, 5) is 35.9. The van der Waals surface area contributed by atoms with Gasteiger partial charge in [-0.25, -0.2) is 4.98 Å². The van der Waals surface area contributed by atoms with Crippen LogP contribution in [0.2, 0.25) is 0 Å². The largest absolute Gasteiger partial charge is 0.349 e. The number of benzene rings is 1. The first-order valence-electron chi connectivity index (χ1n) is 10.1. The van der Waals surface area contributed by atoms with Crippen molar-refractivity contribution in [1.82, 2.24) is 20.2 Å². The Morgan fingerprint density at radius 3 is 2.70 bits per heavy atom. The standard InChI is InChI=1S/C23H24N4O2S/c1-16-4-6-18(7-5-16)23(29)27-12-2-3-19(14-27)22(28)25-13-21-26-20(15-30-21)17-8-10-24-11-9-17/h4-11,15,19H,2-3,12-14H2,1H3,(H,25,28). The van der Waals surface area contributed by atoms with Gasteiger partial charge in [-0.05, 0) is 44.0 Å². The fourth-order valence-electron chi connectivity index (χ4n) is 3.61. The van der Waals surface area contributed by atoms with Crippen LogP contribution in [-0.4, -0.2) is 39.8 Å². The number of nitrogens with zero attached hydrogens (tertiary/aromatic N) is 3. The molecule has 4 rings (SSSR count). The smallest absolute Gasteiger partial charge is 0.253 e. The topological polar surface area (TPSA) is 75.2 Å². The van der Waals surface area contributed by atoms with Gasteiger partial charge in [-0.15, -0.1) is 11.3 Å². The predicted octanol–water partition coefficient (Wildman–Crippen LogP) is 3.68. The second-order valence-corrected chi connectivity index (χ2v) is 8.48. The highest BCUT2D eigenvalue weighted by Crippen LogP contribution is 2.22. The van der Waals surface area contributed by atoms with Crippen LogP contribution in [0, 0.1) is 12.8 Å². The van der Waals surface area contributed by atoms with Crippen LogP contribution in [0.3, 0.4) is 0 Å². The maximum Gasteiger partial charge on any atom is 0.253 e. The molecule has 0 bridgehead atoms. The number of hydrogen-bond donors (Lipinski definition) is 1. The summed E-state index contributed by atoms with van der Waals surface area (Å²) in [5.74, 6) is -0.209. The van der Waals surface area contributed by atoms with Crippen LogP contribution in [0.25, 0.3) is 11.3 Å². The van der Waals surface area contributed by atoms with Gasteiger partial charge in [-0.2, -0.15) is 0 Å². The van der Waals surface area contributed by atoms with Crippen LogP contribution in [-0.2, 0) is 11.3 Å². The van der Waals surface area contributed by atoms with Gasteiger partial charge in [0.25, 0.3) is 5.91 Å². The Morgan fingerprint density at radius 2 is 1.93 bits per heavy atom. The number of rotatable bonds is 5. The molecular formula is C23H24N4O2S. The van der Waals surface area contributed by atoms with Gasteiger partial charge in [-0.1, -0.05) is 17.7 Å². The monoisotopic (exact) mass is 420 g/mol. The summed E-state index contributed by atoms with van der Waals surface area (Å²) < 4.78 is 0. The van der Waals surface area contributed by atoms with E-state index in [-0.39, 0.29) is 17.7 Å². The van der Waals surface area contributed by atoms with Crippen molar-refractivity contribution >= 4 is 23.2 Å². The van der Waals surface area contributed by atoms with Gasteiger partial charge in [-0.3, -0.25) is 14.6 Å². The maximum atomic E-state index is 12.8. The van der Waals surface area contributed by atoms with E-state index < -0.39 is 0 Å². The lowest BCUT2D eigenvalue weighted by Crippen LogP contribution is -2.45. The van der Waals surface area contributed by atoms with Crippen LogP contribution in [0.1, 0.15) is 33.8 Å². The molecule has 3 aromatic rings. The fraction of sp³-hybridized carbons (Fsp3) is 0.304. The first-order chi connectivity index (χ1) is 14.6. The Hall–Kier alpha value is -3.06. The van der Waals surface area contributed by atoms with Crippen molar-refractivity contribution in [2.24, 2.45) is 5.92 Å². The highest BCUT2D eigenvalue weighted by atomic mass is 32.1. The molecule has 154 valence electrons. The van der Waals surface area contributed by atoms with Crippen LogP contribution in [0.4, 0.5) is 0 Å². The van der Waals surface area contributed by atoms with E-state index in [1.54, 1.807) is 17.3 Å². The van der Waals surface area contributed by atoms with Crippen molar-refractivity contribution < 1.29 is 9.59 Å². The Balaban J connectivity index is 1.33. The number of thiazole rings is 1. The molecule has 6 nitrogen and oxygen atoms in total. The van der Waals surface area contributed by atoms with Gasteiger partial charge < -0.3 is 10.2 Å². The molecule has 2 aromatic heterocycles. The normalized spacial score (nSPS) is 16.3. The fourth-order valence-corrected chi connectivity index (χ4v) is 4.35. The number of likely N-dealkylation sites (tertiary alicyclic amines) is 1. The first kappa shape index (κ1) is 20.2. The Labute approximate surface area is 180 Å². The van der Waals surface area contributed by atoms with E-state index in [1.165, 1.54) is 11.3 Å². The van der Waals surface area contributed by atoms with E-state index >= 15 is 0 Å². The van der Waals surface area contributed by atoms with Crippen molar-refractivity contribution in [3.8, 4) is 11.3 Å². The lowest BCUT2D eigenvalue weighted by Gasteiger charge is -2.32. The molecule has 0 radical (unpaired) electrons. The highest BCUT2D eigenvalue weighted by Gasteiger charge is 2.28. The lowest BCUT2D eigenvalue weighted by atomic mass is 9.96. The predicted molar refractivity (Wildman–Crippen MR) is 117 cm³/mol. The van der Waals surface area contributed by atoms with Gasteiger partial charge in [0.2, 0.25) is 5.91 Å². The lowest BCUT2D eigenvalue weighted by molar-refractivity contribution is -0.126. The average Bonchev–Trinajstić information content (AvgIpc) is 3.27. The summed E-state index contributed by atoms with van der Waals surface area (Å²) >= 11 is 1.53. The summed E-state index contributed by atoms with van der Waals surface area (Å²) in [7, 11) is 0. The van der Waals surface area contributed by atoms with E-state index in [2.05, 4.69) is 15.3 Å². The maximum absolute atomic E-state index is 12.8. The summed E-state index contributed by atoms with van der Waals surface area (Å²) in [5, 5.41) is 5.84. The Kier molecular flexibility index (Phi) is 6.18. The van der Waals surface area contributed by atoms with Crippen molar-refractivity contribution in [3.05, 3.63) is 70.3 Å². The molecule has 30 heavy (non-hydrogen) atoms. The van der Waals surface area contributed by atoms with Crippen molar-refractivity contribution in [1.29, 1.82) is 0 Å². The molecular weight excluding hydrogens is 396 g/mol. The number of piperidine rings is 1. The van der Waals surface area contributed by atoms with Gasteiger partial charge in [0, 0.05) is 42.0 Å². The van der Waals surface area contributed by atoms with Crippen LogP contribution in [0.5, 0.6) is 0 Å². The second kappa shape index (κ2) is 9.17. The van der Waals surface area contributed by atoms with Gasteiger partial charge in [0.15, 0.2) is 0 Å². The van der Waals surface area contributed by atoms with Crippen LogP contribution in [0.15, 0.2) is 54.2 Å². The summed E-state index contributed by atoms with van der Waals surface area (Å²) in [6, 6.07) is 11.4. The number of aromatic nitrogens is 2. The zero-order valence-electron chi connectivity index (χ0n) is 16.9. The molecule has 3 heterocycles. The number of nitrogens with one attached hydrogen (secondary N) is 1. The number of carbonyl (C=O) groups excluding carboxylic acids is 2. The number of hydrogen-bond acceptors (Lipinski definition) is 5. The second-order valence-electron chi connectivity index (χ2n) is 7.54. The molecule has 1 atom stereocenters. The van der Waals surface area contributed by atoms with Crippen LogP contribution < -0.4 is 5.32 Å². The number of pyridine rings is 1. The summed E-state index contributed by atoms with van der Waals surface area (Å²) in [6.07, 6.45) is 5.11. The molecule has 0 aliphatic carbocycles. The number of aryl methyl sites for hydroxylation is 1. The third-order valence-electron chi connectivity index (χ3n) is 5.32. The highest BCUT2D eigenvalue weighted by molar-refractivity contribution is 7.09. The molecule has 1 aromatic carbocycles. The Morgan fingerprint density at radius 1 is 1.17 bits per heavy atom. The minimum absolute atomic E-state index is 0.00517. The first-order valence-corrected chi connectivity index (χ1v) is 11.0. The van der Waals surface area contributed by atoms with E-state index in [1.807, 2.05) is 48.7 Å². The quantitative estimate of drug-likeness (QED) is 0.683. The minimum Gasteiger partial charge on any atom is -0.349 e. The molecule has 1 aliphatic heterocycles. The number of amides is 2. The Bertz CT molecular complexity index is 1020. The SMILES string of the molecule is Cc1ccc(C(=O)N2CCCC(C(=O)NCc3nc(-c4ccncc4)cs3)C2)cc1. The molecule has 1 fully saturated rings. The molecule has 2 amide bonds. The summed E-state index contributed by atoms with van der Waals surface area (Å²) in [6.45, 7) is 3.55. The third-order valence-corrected chi connectivity index (χ3v) is 6.17. The molecule has 1 saturated heterocycles. The zero-order chi connectivity index (χ0) is 20.9. The van der Waals surface area contributed by atoms with E-state index in [9.17, 15) is 9.59 Å². The summed E-state index contributed by atoms with van der Waals surface area (Å²) in [5.41, 5.74) is 3.69. The van der Waals surface area contributed by atoms with E-state index in [4.69, 9.17) is 0 Å². The van der Waals surface area contributed by atoms with Gasteiger partial charge in [0.05, 0.1) is 18.2 Å². The third kappa shape index (κ3) is 4.74. The molecule has 0 spiro atoms. The van der Waals surface area contributed by atoms with Crippen LogP contribution >= 0.6 is 11.3 Å². The van der Waals surface area contributed by atoms with Crippen molar-refractivity contribution in [2.75, 3.05) is 13.1 Å². The van der Waals surface area contributed by atoms with E-state index in [0.717, 1.165) is 34.7 Å². The zero-order valence-corrected chi connectivity index (χ0v) is 17.7. The molecule has 7 heteroatoms. The molecule has 1 N–H and O–H groups in total. The average molecular weight is 421 g/mol. The van der Waals surface area contributed by atoms with E-state index in [0.29, 0.717) is 25.2 Å². The number of carbonyl (C=O) groups is 2. The van der Waals surface area contributed by atoms with Crippen molar-refractivity contribution in [2.45, 2.75) is 26.3 Å². The molecule has 1 aliphatic rings.